The first kappa shape index (κ1) is 25.9. The summed E-state index contributed by atoms with van der Waals surface area (Å²) in [5.74, 6) is -17.6. The van der Waals surface area contributed by atoms with Crippen molar-refractivity contribution in [2.75, 3.05) is 20.3 Å². The molecule has 0 amide bonds. The zero-order valence-corrected chi connectivity index (χ0v) is 16.3. The van der Waals surface area contributed by atoms with Gasteiger partial charge in [-0.15, -0.1) is 0 Å². The molecule has 0 bridgehead atoms. The maximum atomic E-state index is 13.2. The Bertz CT molecular complexity index is 845. The lowest BCUT2D eigenvalue weighted by atomic mass is 10.0. The van der Waals surface area contributed by atoms with Crippen LogP contribution in [0.3, 0.4) is 0 Å². The van der Waals surface area contributed by atoms with E-state index in [9.17, 15) is 48.1 Å². The predicted molar refractivity (Wildman–Crippen MR) is 88.5 cm³/mol. The lowest BCUT2D eigenvalue weighted by molar-refractivity contribution is -0.339. The topological polar surface area (TPSA) is 63.7 Å². The Labute approximate surface area is 167 Å². The van der Waals surface area contributed by atoms with Gasteiger partial charge in [-0.05, 0) is 19.1 Å². The Morgan fingerprint density at radius 3 is 1.90 bits per heavy atom. The minimum Gasteiger partial charge on any atom is -0.744 e. The summed E-state index contributed by atoms with van der Waals surface area (Å²) >= 11 is 0. The molecule has 1 aromatic rings. The van der Waals surface area contributed by atoms with Crippen molar-refractivity contribution in [1.29, 1.82) is 0 Å². The van der Waals surface area contributed by atoms with Crippen molar-refractivity contribution in [2.45, 2.75) is 36.0 Å². The fraction of sp³-hybridized carbons (Fsp3) is 0.500. The van der Waals surface area contributed by atoms with Gasteiger partial charge in [0.1, 0.15) is 10.1 Å². The van der Waals surface area contributed by atoms with Crippen LogP contribution in [0.25, 0.3) is 0 Å². The average Bonchev–Trinajstić information content (AvgIpc) is 2.98. The molecule has 2 rings (SSSR count). The summed E-state index contributed by atoms with van der Waals surface area (Å²) in [5.41, 5.74) is 0.928. The third-order valence-corrected chi connectivity index (χ3v) is 4.65. The molecule has 0 fully saturated rings. The molecule has 0 spiro atoms. The second kappa shape index (κ2) is 8.96. The van der Waals surface area contributed by atoms with E-state index in [0.29, 0.717) is 4.90 Å². The standard InChI is InChI=1S/C9H10F8N2.C7H8O3S/c1-18-2-3-19(5-18)4-7(12,13)9(16,17)8(14,15)6(10)11;1-6-2-4-7(5-3-6)11(8,9)10/h2-3,6H,4-5H2,1H3;2-5H,1H3,(H,8,9,10)/p-1. The maximum absolute atomic E-state index is 13.2. The van der Waals surface area contributed by atoms with E-state index in [1.165, 1.54) is 30.3 Å². The van der Waals surface area contributed by atoms with E-state index in [-0.39, 0.29) is 11.6 Å². The molecule has 0 saturated heterocycles. The van der Waals surface area contributed by atoms with Crippen molar-refractivity contribution in [3.63, 3.8) is 0 Å². The van der Waals surface area contributed by atoms with Crippen LogP contribution in [0.15, 0.2) is 41.6 Å². The van der Waals surface area contributed by atoms with Gasteiger partial charge >= 0.3 is 24.2 Å². The summed E-state index contributed by atoms with van der Waals surface area (Å²) in [5, 5.41) is 0. The lowest BCUT2D eigenvalue weighted by Gasteiger charge is -2.34. The molecular formula is C16H17F8N2O3S-. The van der Waals surface area contributed by atoms with Crippen LogP contribution in [0.1, 0.15) is 5.56 Å². The van der Waals surface area contributed by atoms with E-state index in [4.69, 9.17) is 0 Å². The van der Waals surface area contributed by atoms with Gasteiger partial charge in [-0.2, -0.15) is 26.3 Å². The Balaban J connectivity index is 0.000000346. The summed E-state index contributed by atoms with van der Waals surface area (Å²) in [6.45, 7) is -0.198. The molecule has 0 N–H and O–H groups in total. The van der Waals surface area contributed by atoms with Crippen LogP contribution in [0.5, 0.6) is 0 Å². The second-order valence-electron chi connectivity index (χ2n) is 6.41. The van der Waals surface area contributed by atoms with E-state index < -0.39 is 40.9 Å². The highest BCUT2D eigenvalue weighted by Gasteiger charge is 2.75. The van der Waals surface area contributed by atoms with E-state index in [0.717, 1.165) is 11.8 Å². The molecule has 1 aliphatic heterocycles. The molecule has 0 radical (unpaired) electrons. The van der Waals surface area contributed by atoms with Gasteiger partial charge in [-0.25, -0.2) is 17.2 Å². The van der Waals surface area contributed by atoms with Gasteiger partial charge in [0, 0.05) is 19.4 Å². The molecule has 0 aromatic heterocycles. The zero-order chi connectivity index (χ0) is 23.5. The van der Waals surface area contributed by atoms with Gasteiger partial charge < -0.3 is 14.4 Å². The molecule has 30 heavy (non-hydrogen) atoms. The predicted octanol–water partition coefficient (Wildman–Crippen LogP) is 3.73. The monoisotopic (exact) mass is 469 g/mol. The summed E-state index contributed by atoms with van der Waals surface area (Å²) in [6.07, 6.45) is -2.66. The van der Waals surface area contributed by atoms with E-state index in [2.05, 4.69) is 0 Å². The van der Waals surface area contributed by atoms with Crippen molar-refractivity contribution in [1.82, 2.24) is 9.80 Å². The summed E-state index contributed by atoms with van der Waals surface area (Å²) in [6, 6.07) is 5.78. The highest BCUT2D eigenvalue weighted by Crippen LogP contribution is 2.48. The quantitative estimate of drug-likeness (QED) is 0.470. The molecule has 0 saturated carbocycles. The van der Waals surface area contributed by atoms with Crippen LogP contribution in [-0.2, 0) is 10.1 Å². The molecule has 0 aliphatic carbocycles. The molecule has 5 nitrogen and oxygen atoms in total. The van der Waals surface area contributed by atoms with Gasteiger partial charge in [0.25, 0.3) is 0 Å². The van der Waals surface area contributed by atoms with Gasteiger partial charge in [0.2, 0.25) is 0 Å². The number of aryl methyl sites for hydroxylation is 1. The number of hydrogen-bond acceptors (Lipinski definition) is 5. The third kappa shape index (κ3) is 5.97. The van der Waals surface area contributed by atoms with Crippen molar-refractivity contribution in [2.24, 2.45) is 0 Å². The SMILES string of the molecule is CN1C=CN(CC(F)(F)C(F)(F)C(F)(F)C(F)F)C1.Cc1ccc(S(=O)(=O)[O-])cc1. The molecule has 1 aliphatic rings. The normalized spacial score (nSPS) is 15.5. The lowest BCUT2D eigenvalue weighted by Crippen LogP contribution is -2.60. The summed E-state index contributed by atoms with van der Waals surface area (Å²) < 4.78 is 132. The number of nitrogens with zero attached hydrogens (tertiary/aromatic N) is 2. The highest BCUT2D eigenvalue weighted by atomic mass is 32.2. The number of rotatable bonds is 6. The second-order valence-corrected chi connectivity index (χ2v) is 7.79. The summed E-state index contributed by atoms with van der Waals surface area (Å²) in [7, 11) is -2.84. The molecule has 172 valence electrons. The Hall–Kier alpha value is -2.09. The molecular weight excluding hydrogens is 452 g/mol. The van der Waals surface area contributed by atoms with Crippen molar-refractivity contribution >= 4 is 10.1 Å². The number of halogens is 8. The van der Waals surface area contributed by atoms with Crippen LogP contribution in [-0.4, -0.2) is 67.2 Å². The minimum atomic E-state index is -6.15. The van der Waals surface area contributed by atoms with Gasteiger partial charge in [-0.3, -0.25) is 0 Å². The van der Waals surface area contributed by atoms with Crippen molar-refractivity contribution < 1.29 is 48.1 Å². The van der Waals surface area contributed by atoms with Gasteiger partial charge in [0.05, 0.1) is 18.1 Å². The third-order valence-electron chi connectivity index (χ3n) is 3.80. The van der Waals surface area contributed by atoms with E-state index in [1.807, 2.05) is 6.92 Å². The summed E-state index contributed by atoms with van der Waals surface area (Å²) in [4.78, 5) is 1.76. The van der Waals surface area contributed by atoms with E-state index >= 15 is 0 Å². The fourth-order valence-corrected chi connectivity index (χ4v) is 2.60. The van der Waals surface area contributed by atoms with Crippen molar-refractivity contribution in [3.05, 3.63) is 42.2 Å². The van der Waals surface area contributed by atoms with Crippen LogP contribution in [0.2, 0.25) is 0 Å². The molecule has 1 heterocycles. The highest BCUT2D eigenvalue weighted by molar-refractivity contribution is 7.85. The Morgan fingerprint density at radius 2 is 1.53 bits per heavy atom. The van der Waals surface area contributed by atoms with Crippen LogP contribution < -0.4 is 0 Å². The largest absolute Gasteiger partial charge is 0.744 e. The first-order valence-electron chi connectivity index (χ1n) is 7.98. The Morgan fingerprint density at radius 1 is 1.03 bits per heavy atom. The number of benzene rings is 1. The minimum absolute atomic E-state index is 0.178. The van der Waals surface area contributed by atoms with Crippen LogP contribution in [0, 0.1) is 6.92 Å². The van der Waals surface area contributed by atoms with Gasteiger partial charge in [0.15, 0.2) is 0 Å². The molecule has 1 aromatic carbocycles. The Kier molecular flexibility index (Phi) is 7.75. The average molecular weight is 469 g/mol. The zero-order valence-electron chi connectivity index (χ0n) is 15.5. The number of hydrogen-bond donors (Lipinski definition) is 0. The van der Waals surface area contributed by atoms with Gasteiger partial charge in [-0.1, -0.05) is 17.7 Å². The van der Waals surface area contributed by atoms with Crippen LogP contribution >= 0.6 is 0 Å². The smallest absolute Gasteiger partial charge is 0.379 e. The molecule has 0 unspecified atom stereocenters. The van der Waals surface area contributed by atoms with Crippen molar-refractivity contribution in [3.8, 4) is 0 Å². The molecule has 0 atom stereocenters. The van der Waals surface area contributed by atoms with E-state index in [1.54, 1.807) is 12.1 Å². The first-order valence-corrected chi connectivity index (χ1v) is 9.39. The maximum Gasteiger partial charge on any atom is 0.379 e. The number of alkyl halides is 8. The molecule has 14 heteroatoms. The first-order chi connectivity index (χ1) is 13.4. The van der Waals surface area contributed by atoms with Crippen LogP contribution in [0.4, 0.5) is 35.1 Å². The fourth-order valence-electron chi connectivity index (χ4n) is 2.13.